The first-order valence-electron chi connectivity index (χ1n) is 11.3. The number of benzene rings is 2. The number of carbonyl (C=O) groups excluding carboxylic acids is 1. The maximum atomic E-state index is 12.7. The lowest BCUT2D eigenvalue weighted by molar-refractivity contribution is 0.107. The van der Waals surface area contributed by atoms with E-state index in [1.165, 1.54) is 63.4 Å². The van der Waals surface area contributed by atoms with Crippen LogP contribution in [0.3, 0.4) is 0 Å². The molecule has 0 saturated heterocycles. The molecule has 0 aliphatic heterocycles. The first-order chi connectivity index (χ1) is 14.1. The van der Waals surface area contributed by atoms with Crippen LogP contribution in [-0.2, 0) is 11.0 Å². The van der Waals surface area contributed by atoms with Gasteiger partial charge in [0.1, 0.15) is 0 Å². The summed E-state index contributed by atoms with van der Waals surface area (Å²) in [7, 11) is -2.74. The Kier molecular flexibility index (Phi) is 11.0. The van der Waals surface area contributed by atoms with Gasteiger partial charge < -0.3 is 4.57 Å². The van der Waals surface area contributed by atoms with E-state index >= 15 is 0 Å². The van der Waals surface area contributed by atoms with Crippen molar-refractivity contribution >= 4 is 12.7 Å². The summed E-state index contributed by atoms with van der Waals surface area (Å²) in [6.45, 7) is 1.65. The van der Waals surface area contributed by atoms with Crippen molar-refractivity contribution in [3.63, 3.8) is 0 Å². The molecule has 158 valence electrons. The van der Waals surface area contributed by atoms with Gasteiger partial charge in [0, 0.05) is 11.7 Å². The van der Waals surface area contributed by atoms with Gasteiger partial charge in [0.2, 0.25) is 5.52 Å². The molecule has 2 aromatic rings. The minimum Gasteiger partial charge on any atom is -0.315 e. The molecule has 0 saturated carbocycles. The Morgan fingerprint density at radius 3 is 1.66 bits per heavy atom. The predicted octanol–water partition coefficient (Wildman–Crippen LogP) is 7.96. The van der Waals surface area contributed by atoms with E-state index in [1.54, 1.807) is 18.8 Å². The number of rotatable bonds is 15. The smallest absolute Gasteiger partial charge is 0.221 e. The van der Waals surface area contributed by atoms with E-state index in [1.807, 2.05) is 18.2 Å². The average Bonchev–Trinajstić information content (AvgIpc) is 2.75. The van der Waals surface area contributed by atoms with Gasteiger partial charge in [0.15, 0.2) is 7.14 Å². The van der Waals surface area contributed by atoms with Gasteiger partial charge in [0.05, 0.1) is 0 Å². The van der Waals surface area contributed by atoms with Gasteiger partial charge in [-0.25, -0.2) is 0 Å². The third-order valence-electron chi connectivity index (χ3n) is 5.59. The minimum atomic E-state index is -2.74. The lowest BCUT2D eigenvalue weighted by atomic mass is 10.0. The van der Waals surface area contributed by atoms with Crippen molar-refractivity contribution in [2.45, 2.75) is 70.6 Å². The lowest BCUT2D eigenvalue weighted by Crippen LogP contribution is -2.03. The molecule has 0 aliphatic carbocycles. The van der Waals surface area contributed by atoms with Crippen LogP contribution in [0.5, 0.6) is 0 Å². The topological polar surface area (TPSA) is 34.1 Å². The van der Waals surface area contributed by atoms with E-state index in [9.17, 15) is 9.36 Å². The molecule has 0 aromatic heterocycles. The summed E-state index contributed by atoms with van der Waals surface area (Å²) in [5.41, 5.74) is 1.88. The van der Waals surface area contributed by atoms with Crippen LogP contribution in [0.25, 0.3) is 0 Å². The fourth-order valence-corrected chi connectivity index (χ4v) is 5.48. The molecule has 0 fully saturated rings. The van der Waals surface area contributed by atoms with Crippen LogP contribution in [-0.4, -0.2) is 18.4 Å². The summed E-state index contributed by atoms with van der Waals surface area (Å²) < 4.78 is 12.7. The summed E-state index contributed by atoms with van der Waals surface area (Å²) in [5, 5.41) is 0. The highest BCUT2D eigenvalue weighted by Crippen LogP contribution is 2.45. The lowest BCUT2D eigenvalue weighted by Gasteiger charge is -2.11. The zero-order valence-electron chi connectivity index (χ0n) is 18.0. The largest absolute Gasteiger partial charge is 0.315 e. The van der Waals surface area contributed by atoms with Gasteiger partial charge in [-0.1, -0.05) is 112 Å². The third-order valence-corrected chi connectivity index (χ3v) is 7.88. The van der Waals surface area contributed by atoms with Crippen molar-refractivity contribution in [1.29, 1.82) is 0 Å². The molecule has 2 aromatic carbocycles. The molecule has 1 atom stereocenters. The summed E-state index contributed by atoms with van der Waals surface area (Å²) in [6.07, 6.45) is 14.1. The van der Waals surface area contributed by atoms with Gasteiger partial charge >= 0.3 is 0 Å². The van der Waals surface area contributed by atoms with Gasteiger partial charge in [-0.3, -0.25) is 4.79 Å². The molecule has 0 spiro atoms. The molecule has 1 unspecified atom stereocenters. The van der Waals surface area contributed by atoms with Crippen molar-refractivity contribution in [1.82, 2.24) is 0 Å². The molecule has 0 radical (unpaired) electrons. The number of unbranched alkanes of at least 4 members (excludes halogenated alkanes) is 9. The van der Waals surface area contributed by atoms with Crippen LogP contribution in [0.1, 0.15) is 80.1 Å². The van der Waals surface area contributed by atoms with Crippen LogP contribution in [0.2, 0.25) is 0 Å². The number of carbonyl (C=O) groups is 1. The maximum Gasteiger partial charge on any atom is 0.221 e. The Bertz CT molecular complexity index is 740. The first kappa shape index (κ1) is 23.6. The molecule has 0 heterocycles. The summed E-state index contributed by atoms with van der Waals surface area (Å²) in [4.78, 5) is 12.4. The van der Waals surface area contributed by atoms with Crippen LogP contribution in [0.4, 0.5) is 0 Å². The van der Waals surface area contributed by atoms with E-state index in [0.29, 0.717) is 11.7 Å². The van der Waals surface area contributed by atoms with Gasteiger partial charge in [-0.15, -0.1) is 0 Å². The standard InChI is InChI=1S/C26H37O2P/c1-29(28,26(27)25-21-15-11-16-22-25)23-17-9-7-5-3-2-4-6-8-12-18-24-19-13-10-14-20-24/h10-11,13-16,19-22H,2-9,12,17-18,23H2,1H3. The second-order valence-corrected chi connectivity index (χ2v) is 11.3. The zero-order valence-corrected chi connectivity index (χ0v) is 18.9. The van der Waals surface area contributed by atoms with Crippen LogP contribution in [0.15, 0.2) is 60.7 Å². The highest BCUT2D eigenvalue weighted by atomic mass is 31.2. The average molecular weight is 413 g/mol. The second kappa shape index (κ2) is 13.5. The molecule has 3 heteroatoms. The minimum absolute atomic E-state index is 0.162. The maximum absolute atomic E-state index is 12.7. The van der Waals surface area contributed by atoms with E-state index in [4.69, 9.17) is 0 Å². The molecule has 0 aliphatic rings. The normalized spacial score (nSPS) is 13.1. The Morgan fingerprint density at radius 1 is 0.655 bits per heavy atom. The fourth-order valence-electron chi connectivity index (χ4n) is 3.76. The second-order valence-electron chi connectivity index (χ2n) is 8.27. The zero-order chi connectivity index (χ0) is 20.8. The molecule has 29 heavy (non-hydrogen) atoms. The summed E-state index contributed by atoms with van der Waals surface area (Å²) in [6, 6.07) is 19.8. The molecule has 0 amide bonds. The van der Waals surface area contributed by atoms with Crippen LogP contribution < -0.4 is 0 Å². The molecular weight excluding hydrogens is 375 g/mol. The number of hydrogen-bond donors (Lipinski definition) is 0. The fraction of sp³-hybridized carbons (Fsp3) is 0.500. The van der Waals surface area contributed by atoms with Crippen molar-refractivity contribution in [3.05, 3.63) is 71.8 Å². The first-order valence-corrected chi connectivity index (χ1v) is 13.6. The van der Waals surface area contributed by atoms with Crippen molar-refractivity contribution in [3.8, 4) is 0 Å². The Morgan fingerprint density at radius 2 is 1.10 bits per heavy atom. The SMILES string of the molecule is CP(=O)(CCCCCCCCCCCCc1ccccc1)C(=O)c1ccccc1. The molecule has 0 N–H and O–H groups in total. The van der Waals surface area contributed by atoms with Gasteiger partial charge in [-0.2, -0.15) is 0 Å². The van der Waals surface area contributed by atoms with Crippen molar-refractivity contribution in [2.75, 3.05) is 12.8 Å². The Labute approximate surface area is 177 Å². The number of hydrogen-bond acceptors (Lipinski definition) is 2. The summed E-state index contributed by atoms with van der Waals surface area (Å²) in [5.74, 6) is 0. The number of aryl methyl sites for hydroxylation is 1. The third kappa shape index (κ3) is 9.59. The van der Waals surface area contributed by atoms with E-state index < -0.39 is 7.14 Å². The Balaban J connectivity index is 1.43. The van der Waals surface area contributed by atoms with Crippen molar-refractivity contribution in [2.24, 2.45) is 0 Å². The van der Waals surface area contributed by atoms with Crippen LogP contribution in [0, 0.1) is 0 Å². The highest BCUT2D eigenvalue weighted by molar-refractivity contribution is 7.80. The predicted molar refractivity (Wildman–Crippen MR) is 125 cm³/mol. The summed E-state index contributed by atoms with van der Waals surface area (Å²) >= 11 is 0. The van der Waals surface area contributed by atoms with E-state index in [0.717, 1.165) is 12.8 Å². The molecule has 2 rings (SSSR count). The van der Waals surface area contributed by atoms with Crippen molar-refractivity contribution < 1.29 is 9.36 Å². The molecule has 2 nitrogen and oxygen atoms in total. The van der Waals surface area contributed by atoms with Crippen LogP contribution >= 0.6 is 7.14 Å². The van der Waals surface area contributed by atoms with Gasteiger partial charge in [0.25, 0.3) is 0 Å². The Hall–Kier alpha value is -1.66. The van der Waals surface area contributed by atoms with E-state index in [-0.39, 0.29) is 5.52 Å². The van der Waals surface area contributed by atoms with Gasteiger partial charge in [-0.05, 0) is 31.5 Å². The molecular formula is C26H37O2P. The highest BCUT2D eigenvalue weighted by Gasteiger charge is 2.25. The monoisotopic (exact) mass is 412 g/mol. The van der Waals surface area contributed by atoms with E-state index in [2.05, 4.69) is 30.3 Å². The molecule has 0 bridgehead atoms. The quantitative estimate of drug-likeness (QED) is 0.220.